The summed E-state index contributed by atoms with van der Waals surface area (Å²) in [5.74, 6) is 4.38. The van der Waals surface area contributed by atoms with Gasteiger partial charge in [-0.2, -0.15) is 12.7 Å². The normalized spacial score (nSPS) is 19.7. The van der Waals surface area contributed by atoms with Gasteiger partial charge in [0, 0.05) is 44.1 Å². The van der Waals surface area contributed by atoms with Crippen LogP contribution in [0.3, 0.4) is 0 Å². The molecule has 1 aliphatic heterocycles. The Balaban J connectivity index is 0.000000444. The molecule has 41 heavy (non-hydrogen) atoms. The molecule has 3 aromatic rings. The van der Waals surface area contributed by atoms with Crippen molar-refractivity contribution in [3.05, 3.63) is 42.4 Å². The number of nitrogens with one attached hydrogen (secondary N) is 2. The zero-order chi connectivity index (χ0) is 28.6. The molecule has 2 radical (unpaired) electrons. The van der Waals surface area contributed by atoms with Crippen molar-refractivity contribution in [1.29, 1.82) is 5.41 Å². The SMILES string of the molecule is CCCC1CC1CO.[B][P-]C(=N)/C(=C\C)c1cnc2cc1O[C@@H](C)CCOc1c(cnn1C)-c1nccc(n1)N2.[K+]. The summed E-state index contributed by atoms with van der Waals surface area (Å²) in [6, 6.07) is 3.56. The van der Waals surface area contributed by atoms with Crippen molar-refractivity contribution in [2.45, 2.75) is 52.6 Å². The van der Waals surface area contributed by atoms with Gasteiger partial charge in [-0.3, -0.25) is 0 Å². The van der Waals surface area contributed by atoms with Crippen LogP contribution in [0.5, 0.6) is 11.6 Å². The number of aliphatic hydroxyl groups excluding tert-OH is 1. The Morgan fingerprint density at radius 2 is 2.10 bits per heavy atom. The van der Waals surface area contributed by atoms with Gasteiger partial charge in [0.25, 0.3) is 0 Å². The van der Waals surface area contributed by atoms with Crippen molar-refractivity contribution >= 4 is 38.7 Å². The van der Waals surface area contributed by atoms with E-state index in [1.54, 1.807) is 35.4 Å². The quantitative estimate of drug-likeness (QED) is 0.224. The van der Waals surface area contributed by atoms with Gasteiger partial charge in [0.2, 0.25) is 5.88 Å². The molecule has 0 spiro atoms. The van der Waals surface area contributed by atoms with Gasteiger partial charge in [-0.1, -0.05) is 25.8 Å². The Kier molecular flexibility index (Phi) is 13.4. The molecular formula is C28H36BKN7O3P. The zero-order valence-corrected chi connectivity index (χ0v) is 28.5. The second kappa shape index (κ2) is 16.3. The fraction of sp³-hybridized carbons (Fsp3) is 0.464. The average molecular weight is 600 g/mol. The smallest absolute Gasteiger partial charge is 0.533 e. The number of fused-ring (bicyclic) bond motifs is 6. The van der Waals surface area contributed by atoms with Crippen LogP contribution in [-0.4, -0.2) is 62.2 Å². The van der Waals surface area contributed by atoms with Gasteiger partial charge in [0.05, 0.1) is 18.9 Å². The van der Waals surface area contributed by atoms with Crippen LogP contribution in [0, 0.1) is 17.2 Å². The number of pyridine rings is 1. The van der Waals surface area contributed by atoms with Crippen LogP contribution in [-0.2, 0) is 7.05 Å². The number of aliphatic hydroxyl groups is 1. The van der Waals surface area contributed by atoms with Crippen molar-refractivity contribution in [3.63, 3.8) is 0 Å². The molecule has 0 saturated heterocycles. The second-order valence-electron chi connectivity index (χ2n) is 9.92. The fourth-order valence-corrected chi connectivity index (χ4v) is 4.98. The van der Waals surface area contributed by atoms with E-state index in [0.29, 0.717) is 79.8 Å². The molecule has 0 aromatic carbocycles. The maximum atomic E-state index is 8.60. The monoisotopic (exact) mass is 599 g/mol. The first-order valence-electron chi connectivity index (χ1n) is 13.6. The Bertz CT molecular complexity index is 1360. The van der Waals surface area contributed by atoms with Gasteiger partial charge in [-0.05, 0) is 43.7 Å². The van der Waals surface area contributed by atoms with Crippen LogP contribution in [0.1, 0.15) is 52.0 Å². The van der Waals surface area contributed by atoms with E-state index in [2.05, 4.69) is 32.3 Å². The third-order valence-electron chi connectivity index (χ3n) is 6.92. The van der Waals surface area contributed by atoms with Crippen LogP contribution < -0.4 is 66.2 Å². The van der Waals surface area contributed by atoms with E-state index >= 15 is 0 Å². The second-order valence-corrected chi connectivity index (χ2v) is 10.6. The Morgan fingerprint density at radius 1 is 1.29 bits per heavy atom. The number of allylic oxidation sites excluding steroid dienone is 2. The first kappa shape index (κ1) is 33.8. The third-order valence-corrected chi connectivity index (χ3v) is 7.42. The molecule has 1 saturated carbocycles. The maximum absolute atomic E-state index is 8.60. The summed E-state index contributed by atoms with van der Waals surface area (Å²) in [4.78, 5) is 13.5. The third kappa shape index (κ3) is 8.92. The molecule has 1 fully saturated rings. The number of aryl methyl sites for hydroxylation is 1. The summed E-state index contributed by atoms with van der Waals surface area (Å²) in [7, 11) is 7.88. The van der Waals surface area contributed by atoms with E-state index in [9.17, 15) is 0 Å². The Labute approximate surface area is 287 Å². The van der Waals surface area contributed by atoms with Gasteiger partial charge in [0.1, 0.15) is 22.9 Å². The van der Waals surface area contributed by atoms with E-state index in [4.69, 9.17) is 27.6 Å². The maximum Gasteiger partial charge on any atom is 1.00 e. The minimum absolute atomic E-state index is 0. The van der Waals surface area contributed by atoms with E-state index < -0.39 is 0 Å². The van der Waals surface area contributed by atoms with Gasteiger partial charge >= 0.3 is 51.4 Å². The molecule has 2 unspecified atom stereocenters. The molecule has 10 nitrogen and oxygen atoms in total. The van der Waals surface area contributed by atoms with Crippen LogP contribution in [0.4, 0.5) is 11.6 Å². The topological polar surface area (TPSA) is 131 Å². The standard InChI is InChI=1S/C21H22BN7O2P.C7H14O.K/c1-4-13(19(23)32-22)14-10-25-18-9-16(14)31-12(2)6-8-30-21-15(11-26-29(21)3)20-24-7-5-17(27-18)28-20;1-2-3-6-4-7(6)5-8;/h4-5,7,9-12,23H,6,8H2,1-3H3,(H,24,25,27,28);6-8H,2-5H2,1H3;/q-1;;+1/b13-4-,23-19?;;/t12-;;/m0../s1. The minimum atomic E-state index is -0.152. The molecule has 3 aromatic heterocycles. The molecule has 4 heterocycles. The number of aromatic nitrogens is 5. The Hall–Kier alpha value is -1.66. The summed E-state index contributed by atoms with van der Waals surface area (Å²) in [5.41, 5.74) is 2.38. The van der Waals surface area contributed by atoms with Crippen LogP contribution in [0.25, 0.3) is 17.0 Å². The van der Waals surface area contributed by atoms with Crippen LogP contribution in [0.15, 0.2) is 36.8 Å². The number of rotatable bonds is 6. The summed E-state index contributed by atoms with van der Waals surface area (Å²) in [6.45, 7) is 6.89. The minimum Gasteiger partial charge on any atom is -0.533 e. The molecule has 210 valence electrons. The van der Waals surface area contributed by atoms with E-state index in [0.717, 1.165) is 5.92 Å². The fourth-order valence-electron chi connectivity index (χ4n) is 4.59. The van der Waals surface area contributed by atoms with Gasteiger partial charge in [-0.15, -0.1) is 5.45 Å². The molecule has 3 N–H and O–H groups in total. The molecule has 4 bridgehead atoms. The van der Waals surface area contributed by atoms with Gasteiger partial charge < -0.3 is 33.8 Å². The summed E-state index contributed by atoms with van der Waals surface area (Å²) in [5, 5.41) is 24.3. The zero-order valence-electron chi connectivity index (χ0n) is 24.5. The number of hydrogen-bond acceptors (Lipinski definition) is 9. The predicted molar refractivity (Wildman–Crippen MR) is 160 cm³/mol. The number of nitrogens with zero attached hydrogens (tertiary/aromatic N) is 5. The number of hydrogen-bond donors (Lipinski definition) is 3. The summed E-state index contributed by atoms with van der Waals surface area (Å²) in [6.07, 6.45) is 11.2. The van der Waals surface area contributed by atoms with Crippen molar-refractivity contribution < 1.29 is 66.0 Å². The summed E-state index contributed by atoms with van der Waals surface area (Å²) >= 11 is 0. The first-order chi connectivity index (χ1) is 19.4. The van der Waals surface area contributed by atoms with Crippen LogP contribution in [0.2, 0.25) is 0 Å². The average Bonchev–Trinajstić information content (AvgIpc) is 3.61. The van der Waals surface area contributed by atoms with E-state index in [1.165, 1.54) is 19.3 Å². The molecule has 3 atom stereocenters. The van der Waals surface area contributed by atoms with Crippen molar-refractivity contribution in [2.24, 2.45) is 18.9 Å². The van der Waals surface area contributed by atoms with Gasteiger partial charge in [0.15, 0.2) is 5.82 Å². The Morgan fingerprint density at radius 3 is 2.78 bits per heavy atom. The van der Waals surface area contributed by atoms with Crippen LogP contribution >= 0.6 is 8.46 Å². The van der Waals surface area contributed by atoms with Gasteiger partial charge in [-0.25, -0.2) is 19.6 Å². The largest absolute Gasteiger partial charge is 1.00 e. The van der Waals surface area contributed by atoms with Crippen molar-refractivity contribution in [2.75, 3.05) is 18.5 Å². The molecular weight excluding hydrogens is 563 g/mol. The van der Waals surface area contributed by atoms with E-state index in [-0.39, 0.29) is 62.9 Å². The van der Waals surface area contributed by atoms with Crippen molar-refractivity contribution in [3.8, 4) is 23.0 Å². The number of anilines is 2. The number of ether oxygens (including phenoxy) is 2. The summed E-state index contributed by atoms with van der Waals surface area (Å²) < 4.78 is 14.0. The molecule has 13 heteroatoms. The van der Waals surface area contributed by atoms with E-state index in [1.807, 2.05) is 27.0 Å². The predicted octanol–water partition coefficient (Wildman–Crippen LogP) is 2.39. The molecule has 1 aliphatic carbocycles. The molecule has 5 rings (SSSR count). The van der Waals surface area contributed by atoms with Crippen molar-refractivity contribution in [1.82, 2.24) is 24.7 Å². The molecule has 2 aliphatic rings. The first-order valence-corrected chi connectivity index (χ1v) is 14.5. The molecule has 0 amide bonds.